The summed E-state index contributed by atoms with van der Waals surface area (Å²) in [6, 6.07) is 9.78. The maximum Gasteiger partial charge on any atom is 0.310 e. The summed E-state index contributed by atoms with van der Waals surface area (Å²) in [7, 11) is 0. The quantitative estimate of drug-likeness (QED) is 0.587. The molecular weight excluding hydrogens is 392 g/mol. The Balaban J connectivity index is 1.70. The van der Waals surface area contributed by atoms with Gasteiger partial charge < -0.3 is 19.4 Å². The Hall–Kier alpha value is -3.09. The minimum absolute atomic E-state index is 0.117. The van der Waals surface area contributed by atoms with Crippen LogP contribution in [0.4, 0.5) is 11.5 Å². The molecular formula is C24H30N4O3. The Morgan fingerprint density at radius 3 is 2.87 bits per heavy atom. The number of pyridine rings is 1. The van der Waals surface area contributed by atoms with Gasteiger partial charge >= 0.3 is 5.97 Å². The van der Waals surface area contributed by atoms with Crippen LogP contribution in [-0.2, 0) is 9.53 Å². The Kier molecular flexibility index (Phi) is 5.85. The summed E-state index contributed by atoms with van der Waals surface area (Å²) in [5.41, 5.74) is 3.14. The molecule has 1 unspecified atom stereocenters. The lowest BCUT2D eigenvalue weighted by atomic mass is 9.97. The van der Waals surface area contributed by atoms with E-state index in [-0.39, 0.29) is 17.4 Å². The zero-order chi connectivity index (χ0) is 22.0. The van der Waals surface area contributed by atoms with E-state index in [1.165, 1.54) is 0 Å². The molecule has 2 aromatic heterocycles. The average Bonchev–Trinajstić information content (AvgIpc) is 3.17. The number of carbonyl (C=O) groups excluding carboxylic acids is 1. The number of piperidine rings is 1. The number of para-hydroxylation sites is 2. The molecule has 0 saturated carbocycles. The van der Waals surface area contributed by atoms with Gasteiger partial charge in [-0.2, -0.15) is 0 Å². The van der Waals surface area contributed by atoms with Crippen LogP contribution in [0.5, 0.6) is 0 Å². The van der Waals surface area contributed by atoms with Gasteiger partial charge in [0.05, 0.1) is 30.0 Å². The van der Waals surface area contributed by atoms with Crippen LogP contribution in [0.1, 0.15) is 40.5 Å². The number of nitrogens with one attached hydrogen (secondary N) is 1. The zero-order valence-corrected chi connectivity index (χ0v) is 18.6. The van der Waals surface area contributed by atoms with E-state index in [1.807, 2.05) is 37.4 Å². The molecule has 0 amide bonds. The van der Waals surface area contributed by atoms with Gasteiger partial charge in [-0.1, -0.05) is 12.1 Å². The molecule has 7 nitrogen and oxygen atoms in total. The van der Waals surface area contributed by atoms with Crippen LogP contribution in [0.3, 0.4) is 0 Å². The maximum absolute atomic E-state index is 12.3. The number of oxazole rings is 1. The van der Waals surface area contributed by atoms with Crippen molar-refractivity contribution in [1.29, 1.82) is 0 Å². The Morgan fingerprint density at radius 1 is 1.32 bits per heavy atom. The van der Waals surface area contributed by atoms with Gasteiger partial charge in [-0.05, 0) is 58.7 Å². The third-order valence-electron chi connectivity index (χ3n) is 5.30. The number of rotatable bonds is 5. The van der Waals surface area contributed by atoms with Crippen LogP contribution >= 0.6 is 0 Å². The highest BCUT2D eigenvalue weighted by molar-refractivity contribution is 5.81. The van der Waals surface area contributed by atoms with Gasteiger partial charge in [0.25, 0.3) is 0 Å². The van der Waals surface area contributed by atoms with Crippen molar-refractivity contribution >= 4 is 28.6 Å². The third-order valence-corrected chi connectivity index (χ3v) is 5.30. The zero-order valence-electron chi connectivity index (χ0n) is 18.6. The van der Waals surface area contributed by atoms with Crippen molar-refractivity contribution in [2.75, 3.05) is 29.9 Å². The summed E-state index contributed by atoms with van der Waals surface area (Å²) in [4.78, 5) is 23.9. The molecule has 164 valence electrons. The second-order valence-corrected chi connectivity index (χ2v) is 8.99. The summed E-state index contributed by atoms with van der Waals surface area (Å²) in [6.07, 6.45) is 3.64. The first-order chi connectivity index (χ1) is 14.8. The second kappa shape index (κ2) is 8.57. The number of benzene rings is 1. The van der Waals surface area contributed by atoms with Gasteiger partial charge in [0, 0.05) is 18.6 Å². The van der Waals surface area contributed by atoms with Crippen molar-refractivity contribution in [1.82, 2.24) is 9.97 Å². The normalized spacial score (nSPS) is 17.0. The predicted octanol–water partition coefficient (Wildman–Crippen LogP) is 4.88. The SMILES string of the molecule is CCOC(=O)C1CCCN(c2cnc(NC(C)(C)C)c(-c3nc4ccccc4o3)c2)C1. The van der Waals surface area contributed by atoms with E-state index in [1.54, 1.807) is 0 Å². The van der Waals surface area contributed by atoms with Gasteiger partial charge in [0.1, 0.15) is 11.3 Å². The first-order valence-corrected chi connectivity index (χ1v) is 10.9. The molecule has 0 bridgehead atoms. The van der Waals surface area contributed by atoms with Gasteiger partial charge in [-0.25, -0.2) is 9.97 Å². The maximum atomic E-state index is 12.3. The average molecular weight is 423 g/mol. The number of nitrogens with zero attached hydrogens (tertiary/aromatic N) is 3. The van der Waals surface area contributed by atoms with Crippen LogP contribution in [0.2, 0.25) is 0 Å². The lowest BCUT2D eigenvalue weighted by Gasteiger charge is -2.33. The van der Waals surface area contributed by atoms with Gasteiger partial charge in [0.2, 0.25) is 5.89 Å². The van der Waals surface area contributed by atoms with E-state index >= 15 is 0 Å². The molecule has 3 aromatic rings. The van der Waals surface area contributed by atoms with Crippen molar-refractivity contribution < 1.29 is 13.9 Å². The highest BCUT2D eigenvalue weighted by Gasteiger charge is 2.28. The molecule has 1 N–H and O–H groups in total. The molecule has 0 spiro atoms. The highest BCUT2D eigenvalue weighted by Crippen LogP contribution is 2.34. The standard InChI is InChI=1S/C24H30N4O3/c1-5-30-23(29)16-9-8-12-28(15-16)17-13-18(21(25-14-17)27-24(2,3)4)22-26-19-10-6-7-11-20(19)31-22/h6-7,10-11,13-14,16H,5,8-9,12,15H2,1-4H3,(H,25,27). The van der Waals surface area contributed by atoms with Crippen LogP contribution in [-0.4, -0.2) is 41.2 Å². The smallest absolute Gasteiger partial charge is 0.310 e. The molecule has 7 heteroatoms. The molecule has 31 heavy (non-hydrogen) atoms. The van der Waals surface area contributed by atoms with Gasteiger partial charge in [-0.15, -0.1) is 0 Å². The lowest BCUT2D eigenvalue weighted by Crippen LogP contribution is -2.39. The third kappa shape index (κ3) is 4.81. The summed E-state index contributed by atoms with van der Waals surface area (Å²) in [5, 5.41) is 3.46. The first-order valence-electron chi connectivity index (χ1n) is 10.9. The Morgan fingerprint density at radius 2 is 2.13 bits per heavy atom. The van der Waals surface area contributed by atoms with Crippen molar-refractivity contribution in [2.45, 2.75) is 46.1 Å². The molecule has 1 saturated heterocycles. The Labute approximate surface area is 182 Å². The van der Waals surface area contributed by atoms with Crippen LogP contribution in [0.15, 0.2) is 40.9 Å². The van der Waals surface area contributed by atoms with Crippen molar-refractivity contribution in [3.05, 3.63) is 36.5 Å². The minimum Gasteiger partial charge on any atom is -0.466 e. The van der Waals surface area contributed by atoms with E-state index in [0.717, 1.165) is 47.6 Å². The Bertz CT molecular complexity index is 1040. The van der Waals surface area contributed by atoms with Gasteiger partial charge in [0.15, 0.2) is 5.58 Å². The van der Waals surface area contributed by atoms with Crippen molar-refractivity contribution in [3.63, 3.8) is 0 Å². The van der Waals surface area contributed by atoms with E-state index in [0.29, 0.717) is 19.0 Å². The van der Waals surface area contributed by atoms with Crippen LogP contribution < -0.4 is 10.2 Å². The van der Waals surface area contributed by atoms with E-state index < -0.39 is 0 Å². The first kappa shape index (κ1) is 21.2. The fraction of sp³-hybridized carbons (Fsp3) is 0.458. The highest BCUT2D eigenvalue weighted by atomic mass is 16.5. The van der Waals surface area contributed by atoms with E-state index in [2.05, 4.69) is 42.0 Å². The van der Waals surface area contributed by atoms with E-state index in [9.17, 15) is 4.79 Å². The number of aromatic nitrogens is 2. The summed E-state index contributed by atoms with van der Waals surface area (Å²) in [5.74, 6) is 1.02. The predicted molar refractivity (Wildman–Crippen MR) is 122 cm³/mol. The molecule has 0 aliphatic carbocycles. The van der Waals surface area contributed by atoms with Crippen LogP contribution in [0.25, 0.3) is 22.6 Å². The molecule has 1 aliphatic rings. The molecule has 1 fully saturated rings. The molecule has 1 atom stereocenters. The summed E-state index contributed by atoms with van der Waals surface area (Å²) in [6.45, 7) is 10.0. The largest absolute Gasteiger partial charge is 0.466 e. The lowest BCUT2D eigenvalue weighted by molar-refractivity contribution is -0.148. The van der Waals surface area contributed by atoms with E-state index in [4.69, 9.17) is 14.1 Å². The number of esters is 1. The number of anilines is 2. The second-order valence-electron chi connectivity index (χ2n) is 8.99. The fourth-order valence-corrected chi connectivity index (χ4v) is 3.90. The van der Waals surface area contributed by atoms with Crippen molar-refractivity contribution in [2.24, 2.45) is 5.92 Å². The monoisotopic (exact) mass is 422 g/mol. The molecule has 0 radical (unpaired) electrons. The van der Waals surface area contributed by atoms with Gasteiger partial charge in [-0.3, -0.25) is 4.79 Å². The number of carbonyl (C=O) groups is 1. The number of hydrogen-bond donors (Lipinski definition) is 1. The minimum atomic E-state index is -0.171. The van der Waals surface area contributed by atoms with Crippen LogP contribution in [0, 0.1) is 5.92 Å². The summed E-state index contributed by atoms with van der Waals surface area (Å²) < 4.78 is 11.3. The molecule has 4 rings (SSSR count). The summed E-state index contributed by atoms with van der Waals surface area (Å²) >= 11 is 0. The molecule has 1 aromatic carbocycles. The van der Waals surface area contributed by atoms with Crippen molar-refractivity contribution in [3.8, 4) is 11.5 Å². The number of hydrogen-bond acceptors (Lipinski definition) is 7. The fourth-order valence-electron chi connectivity index (χ4n) is 3.90. The number of ether oxygens (including phenoxy) is 1. The molecule has 1 aliphatic heterocycles. The number of fused-ring (bicyclic) bond motifs is 1. The topological polar surface area (TPSA) is 80.5 Å². The molecule has 3 heterocycles.